The van der Waals surface area contributed by atoms with Crippen LogP contribution in [-0.4, -0.2) is 69.3 Å². The summed E-state index contributed by atoms with van der Waals surface area (Å²) >= 11 is 0. The van der Waals surface area contributed by atoms with E-state index in [0.29, 0.717) is 30.5 Å². The van der Waals surface area contributed by atoms with E-state index < -0.39 is 30.1 Å². The van der Waals surface area contributed by atoms with Gasteiger partial charge in [0.05, 0.1) is 28.7 Å². The van der Waals surface area contributed by atoms with Gasteiger partial charge in [0, 0.05) is 16.9 Å². The molecule has 0 bridgehead atoms. The quantitative estimate of drug-likeness (QED) is 0.117. The van der Waals surface area contributed by atoms with Gasteiger partial charge in [-0.3, -0.25) is 10.2 Å². The van der Waals surface area contributed by atoms with Gasteiger partial charge in [-0.05, 0) is 81.6 Å². The second kappa shape index (κ2) is 14.3. The van der Waals surface area contributed by atoms with Crippen molar-refractivity contribution in [2.24, 2.45) is 5.92 Å². The molecule has 260 valence electrons. The zero-order valence-electron chi connectivity index (χ0n) is 28.1. The maximum atomic E-state index is 16.9. The summed E-state index contributed by atoms with van der Waals surface area (Å²) in [6, 6.07) is 5.26. The minimum atomic E-state index is -1.76. The van der Waals surface area contributed by atoms with Crippen LogP contribution in [0, 0.1) is 29.9 Å². The number of hydrogen-bond acceptors (Lipinski definition) is 8. The molecule has 0 saturated carbocycles. The van der Waals surface area contributed by atoms with Gasteiger partial charge in [-0.25, -0.2) is 22.5 Å². The topological polar surface area (TPSA) is 95.4 Å². The molecule has 2 aromatic carbocycles. The monoisotopic (exact) mass is 678 g/mol. The first-order chi connectivity index (χ1) is 23.7. The number of pyridine rings is 1. The number of halogens is 4. The highest BCUT2D eigenvalue weighted by Gasteiger charge is 2.45. The van der Waals surface area contributed by atoms with Gasteiger partial charge in [0.1, 0.15) is 35.2 Å². The molecule has 0 aliphatic carbocycles. The number of aromatic nitrogens is 3. The summed E-state index contributed by atoms with van der Waals surface area (Å²) in [5, 5.41) is 16.8. The maximum absolute atomic E-state index is 16.9. The predicted octanol–water partition coefficient (Wildman–Crippen LogP) is 7.41. The Morgan fingerprint density at radius 1 is 1.06 bits per heavy atom. The third-order valence-corrected chi connectivity index (χ3v) is 9.93. The lowest BCUT2D eigenvalue weighted by Crippen LogP contribution is -2.43. The smallest absolute Gasteiger partial charge is 0.319 e. The minimum absolute atomic E-state index is 0.0847. The van der Waals surface area contributed by atoms with Crippen molar-refractivity contribution < 1.29 is 27.4 Å². The van der Waals surface area contributed by atoms with E-state index in [9.17, 15) is 18.3 Å². The molecule has 3 N–H and O–H groups in total. The van der Waals surface area contributed by atoms with Crippen LogP contribution in [0.5, 0.6) is 11.8 Å². The van der Waals surface area contributed by atoms with Crippen molar-refractivity contribution in [3.63, 3.8) is 0 Å². The van der Waals surface area contributed by atoms with E-state index in [2.05, 4.69) is 31.4 Å². The van der Waals surface area contributed by atoms with E-state index in [1.54, 1.807) is 6.92 Å². The maximum Gasteiger partial charge on any atom is 0.319 e. The number of anilines is 1. The predicted molar refractivity (Wildman–Crippen MR) is 183 cm³/mol. The molecular weight excluding hydrogens is 636 g/mol. The second-order valence-corrected chi connectivity index (χ2v) is 13.0. The Hall–Kier alpha value is -4.21. The Labute approximate surface area is 283 Å². The first kappa shape index (κ1) is 34.6. The molecule has 4 aromatic rings. The number of hydrogen-bond donors (Lipinski definition) is 3. The number of phenols is 1. The van der Waals surface area contributed by atoms with Crippen molar-refractivity contribution in [1.29, 1.82) is 0 Å². The number of aryl methyl sites for hydroxylation is 1. The SMILES string of the molecule is C#Cc1c(F)ccc2cc(O)cc(-c3nc4c5c(nc(OCC67CCCN6CCC7)nc5c3F)NCC(F)NC(F)C(C)CCC4)c12.CC. The molecule has 5 heterocycles. The first-order valence-electron chi connectivity index (χ1n) is 17.2. The third-order valence-electron chi connectivity index (χ3n) is 9.93. The number of fused-ring (bicyclic) bond motifs is 2. The Balaban J connectivity index is 0.00000205. The molecule has 3 aliphatic rings. The summed E-state index contributed by atoms with van der Waals surface area (Å²) in [5.74, 6) is 0.231. The van der Waals surface area contributed by atoms with Gasteiger partial charge in [-0.1, -0.05) is 32.8 Å². The van der Waals surface area contributed by atoms with Gasteiger partial charge in [0.2, 0.25) is 0 Å². The van der Waals surface area contributed by atoms with Crippen LogP contribution >= 0.6 is 0 Å². The van der Waals surface area contributed by atoms with Crippen molar-refractivity contribution in [3.8, 4) is 35.4 Å². The zero-order chi connectivity index (χ0) is 34.9. The Kier molecular flexibility index (Phi) is 10.1. The molecule has 8 nitrogen and oxygen atoms in total. The average molecular weight is 679 g/mol. The zero-order valence-corrected chi connectivity index (χ0v) is 28.1. The number of terminal acetylenes is 1. The van der Waals surface area contributed by atoms with Crippen molar-refractivity contribution in [2.75, 3.05) is 31.6 Å². The number of aromatic hydroxyl groups is 1. The molecule has 2 aromatic heterocycles. The number of nitrogens with zero attached hydrogens (tertiary/aromatic N) is 4. The van der Waals surface area contributed by atoms with Crippen LogP contribution in [0.3, 0.4) is 0 Å². The van der Waals surface area contributed by atoms with Crippen molar-refractivity contribution >= 4 is 27.5 Å². The number of alkyl halides is 2. The van der Waals surface area contributed by atoms with Gasteiger partial charge in [0.15, 0.2) is 18.4 Å². The van der Waals surface area contributed by atoms with Crippen LogP contribution in [0.4, 0.5) is 23.4 Å². The molecule has 2 fully saturated rings. The summed E-state index contributed by atoms with van der Waals surface area (Å²) in [7, 11) is 0. The van der Waals surface area contributed by atoms with E-state index in [1.165, 1.54) is 24.3 Å². The van der Waals surface area contributed by atoms with E-state index in [4.69, 9.17) is 16.1 Å². The highest BCUT2D eigenvalue weighted by molar-refractivity contribution is 6.03. The number of phenolic OH excluding ortho intramolecular Hbond substituents is 1. The highest BCUT2D eigenvalue weighted by atomic mass is 19.2. The third kappa shape index (κ3) is 6.58. The summed E-state index contributed by atoms with van der Waals surface area (Å²) in [4.78, 5) is 16.3. The van der Waals surface area contributed by atoms with Gasteiger partial charge in [0.25, 0.3) is 0 Å². The average Bonchev–Trinajstić information content (AvgIpc) is 3.68. The number of rotatable bonds is 4. The fourth-order valence-electron chi connectivity index (χ4n) is 7.51. The van der Waals surface area contributed by atoms with E-state index >= 15 is 4.39 Å². The first-order valence-corrected chi connectivity index (χ1v) is 17.2. The molecule has 7 rings (SSSR count). The summed E-state index contributed by atoms with van der Waals surface area (Å²) in [6.07, 6.45) is 7.52. The van der Waals surface area contributed by atoms with Gasteiger partial charge < -0.3 is 15.2 Å². The lowest BCUT2D eigenvalue weighted by molar-refractivity contribution is 0.108. The molecule has 3 aliphatic heterocycles. The molecule has 12 heteroatoms. The van der Waals surface area contributed by atoms with Crippen molar-refractivity contribution in [1.82, 2.24) is 25.2 Å². The van der Waals surface area contributed by atoms with Crippen LogP contribution in [0.25, 0.3) is 32.9 Å². The minimum Gasteiger partial charge on any atom is -0.508 e. The molecule has 49 heavy (non-hydrogen) atoms. The summed E-state index contributed by atoms with van der Waals surface area (Å²) in [6.45, 7) is 7.60. The number of ether oxygens (including phenoxy) is 1. The Morgan fingerprint density at radius 2 is 1.82 bits per heavy atom. The van der Waals surface area contributed by atoms with E-state index in [0.717, 1.165) is 38.8 Å². The van der Waals surface area contributed by atoms with Crippen LogP contribution < -0.4 is 15.4 Å². The fraction of sp³-hybridized carbons (Fsp3) is 0.486. The van der Waals surface area contributed by atoms with Gasteiger partial charge in [-0.15, -0.1) is 6.42 Å². The second-order valence-electron chi connectivity index (χ2n) is 13.0. The number of benzene rings is 2. The standard InChI is InChI=1S/C35H36F4N6O2.C2H6/c1-3-22-24(36)10-9-20-15-21(46)16-23(27(20)22)30-29(38)31-28-25(41-30)8-4-7-19(2)32(39)42-26(37)17-40-33(28)44-34(43-31)47-18-35-11-5-13-45(35)14-6-12-35;1-2/h1,9-10,15-16,19,26,32,42,46H,4-8,11-14,17-18H2,2H3,(H,40,43,44);1-2H3. The van der Waals surface area contributed by atoms with E-state index in [-0.39, 0.29) is 69.2 Å². The normalized spacial score (nSPS) is 22.3. The molecule has 3 atom stereocenters. The van der Waals surface area contributed by atoms with Crippen LogP contribution in [-0.2, 0) is 6.42 Å². The molecule has 0 radical (unpaired) electrons. The van der Waals surface area contributed by atoms with Crippen LogP contribution in [0.2, 0.25) is 0 Å². The molecular formula is C37H42F4N6O2. The molecule has 0 amide bonds. The largest absolute Gasteiger partial charge is 0.508 e. The van der Waals surface area contributed by atoms with Crippen molar-refractivity contribution in [3.05, 3.63) is 47.2 Å². The highest BCUT2D eigenvalue weighted by Crippen LogP contribution is 2.41. The summed E-state index contributed by atoms with van der Waals surface area (Å²) in [5.41, 5.74) is -0.108. The molecule has 2 saturated heterocycles. The van der Waals surface area contributed by atoms with Crippen molar-refractivity contribution in [2.45, 2.75) is 83.8 Å². The number of nitrogens with one attached hydrogen (secondary N) is 2. The summed E-state index contributed by atoms with van der Waals surface area (Å²) < 4.78 is 67.9. The van der Waals surface area contributed by atoms with Gasteiger partial charge in [-0.2, -0.15) is 9.97 Å². The fourth-order valence-corrected chi connectivity index (χ4v) is 7.51. The molecule has 3 unspecified atom stereocenters. The van der Waals surface area contributed by atoms with Crippen LogP contribution in [0.15, 0.2) is 24.3 Å². The van der Waals surface area contributed by atoms with Gasteiger partial charge >= 0.3 is 6.01 Å². The lowest BCUT2D eigenvalue weighted by atomic mass is 9.94. The lowest BCUT2D eigenvalue weighted by Gasteiger charge is -2.31. The Bertz CT molecular complexity index is 1890. The molecule has 0 spiro atoms. The van der Waals surface area contributed by atoms with Crippen LogP contribution in [0.1, 0.15) is 70.6 Å². The Morgan fingerprint density at radius 3 is 2.55 bits per heavy atom. The van der Waals surface area contributed by atoms with E-state index in [1.807, 2.05) is 13.8 Å².